The number of ether oxygens (including phenoxy) is 2. The highest BCUT2D eigenvalue weighted by Crippen LogP contribution is 2.16. The number of nitrogens with one attached hydrogen (secondary N) is 1. The van der Waals surface area contributed by atoms with Crippen molar-refractivity contribution in [2.75, 3.05) is 19.5 Å². The van der Waals surface area contributed by atoms with Crippen molar-refractivity contribution in [1.82, 2.24) is 0 Å². The van der Waals surface area contributed by atoms with Crippen LogP contribution in [-0.2, 0) is 6.54 Å². The zero-order chi connectivity index (χ0) is 12.8. The average molecular weight is 243 g/mol. The smallest absolute Gasteiger partial charge is 0.119 e. The van der Waals surface area contributed by atoms with Crippen LogP contribution in [0.5, 0.6) is 11.5 Å². The van der Waals surface area contributed by atoms with Gasteiger partial charge in [-0.3, -0.25) is 0 Å². The van der Waals surface area contributed by atoms with Crippen LogP contribution >= 0.6 is 0 Å². The molecular formula is C15H17NO2. The van der Waals surface area contributed by atoms with E-state index < -0.39 is 0 Å². The maximum atomic E-state index is 5.12. The predicted octanol–water partition coefficient (Wildman–Crippen LogP) is 3.32. The SMILES string of the molecule is COc1ccc(CNc2ccc(OC)cc2)cc1. The van der Waals surface area contributed by atoms with Crippen LogP contribution in [0.3, 0.4) is 0 Å². The van der Waals surface area contributed by atoms with E-state index >= 15 is 0 Å². The van der Waals surface area contributed by atoms with Crippen LogP contribution in [-0.4, -0.2) is 14.2 Å². The molecule has 0 amide bonds. The Balaban J connectivity index is 1.93. The summed E-state index contributed by atoms with van der Waals surface area (Å²) in [4.78, 5) is 0. The predicted molar refractivity (Wildman–Crippen MR) is 73.3 cm³/mol. The van der Waals surface area contributed by atoms with Crippen LogP contribution in [0.4, 0.5) is 5.69 Å². The van der Waals surface area contributed by atoms with E-state index in [1.165, 1.54) is 5.56 Å². The highest BCUT2D eigenvalue weighted by atomic mass is 16.5. The molecule has 0 spiro atoms. The zero-order valence-corrected chi connectivity index (χ0v) is 10.6. The summed E-state index contributed by atoms with van der Waals surface area (Å²) in [6.45, 7) is 0.788. The summed E-state index contributed by atoms with van der Waals surface area (Å²) in [5, 5.41) is 3.35. The zero-order valence-electron chi connectivity index (χ0n) is 10.6. The number of hydrogen-bond acceptors (Lipinski definition) is 3. The number of methoxy groups -OCH3 is 2. The van der Waals surface area contributed by atoms with Crippen LogP contribution in [0.2, 0.25) is 0 Å². The Hall–Kier alpha value is -2.16. The third-order valence-corrected chi connectivity index (χ3v) is 2.75. The van der Waals surface area contributed by atoms with Gasteiger partial charge < -0.3 is 14.8 Å². The molecule has 0 radical (unpaired) electrons. The molecule has 2 aromatic carbocycles. The van der Waals surface area contributed by atoms with Crippen molar-refractivity contribution in [3.05, 3.63) is 54.1 Å². The maximum Gasteiger partial charge on any atom is 0.119 e. The minimum absolute atomic E-state index is 0.788. The van der Waals surface area contributed by atoms with Gasteiger partial charge in [-0.15, -0.1) is 0 Å². The maximum absolute atomic E-state index is 5.12. The van der Waals surface area contributed by atoms with Gasteiger partial charge in [0.25, 0.3) is 0 Å². The van der Waals surface area contributed by atoms with Crippen molar-refractivity contribution < 1.29 is 9.47 Å². The lowest BCUT2D eigenvalue weighted by Crippen LogP contribution is -1.99. The van der Waals surface area contributed by atoms with Gasteiger partial charge in [0.05, 0.1) is 14.2 Å². The van der Waals surface area contributed by atoms with E-state index in [-0.39, 0.29) is 0 Å². The molecule has 2 aromatic rings. The second-order valence-electron chi connectivity index (χ2n) is 3.93. The van der Waals surface area contributed by atoms with Crippen molar-refractivity contribution in [2.24, 2.45) is 0 Å². The number of hydrogen-bond donors (Lipinski definition) is 1. The Morgan fingerprint density at radius 3 is 1.78 bits per heavy atom. The molecule has 0 aliphatic carbocycles. The molecule has 18 heavy (non-hydrogen) atoms. The third-order valence-electron chi connectivity index (χ3n) is 2.75. The Labute approximate surface area is 107 Å². The van der Waals surface area contributed by atoms with Crippen LogP contribution in [0.15, 0.2) is 48.5 Å². The molecule has 0 saturated carbocycles. The molecule has 0 unspecified atom stereocenters. The van der Waals surface area contributed by atoms with Crippen LogP contribution in [0.1, 0.15) is 5.56 Å². The summed E-state index contributed by atoms with van der Waals surface area (Å²) in [6, 6.07) is 15.9. The fourth-order valence-electron chi connectivity index (χ4n) is 1.66. The molecule has 3 nitrogen and oxygen atoms in total. The monoisotopic (exact) mass is 243 g/mol. The van der Waals surface area contributed by atoms with Crippen molar-refractivity contribution >= 4 is 5.69 Å². The lowest BCUT2D eigenvalue weighted by atomic mass is 10.2. The van der Waals surface area contributed by atoms with Gasteiger partial charge in [-0.1, -0.05) is 12.1 Å². The van der Waals surface area contributed by atoms with E-state index in [0.29, 0.717) is 0 Å². The summed E-state index contributed by atoms with van der Waals surface area (Å²) in [7, 11) is 3.34. The van der Waals surface area contributed by atoms with E-state index in [0.717, 1.165) is 23.7 Å². The van der Waals surface area contributed by atoms with Crippen molar-refractivity contribution in [2.45, 2.75) is 6.54 Å². The van der Waals surface area contributed by atoms with Gasteiger partial charge in [0.2, 0.25) is 0 Å². The van der Waals surface area contributed by atoms with Gasteiger partial charge in [0, 0.05) is 12.2 Å². The van der Waals surface area contributed by atoms with Gasteiger partial charge in [-0.05, 0) is 42.0 Å². The fraction of sp³-hybridized carbons (Fsp3) is 0.200. The molecular weight excluding hydrogens is 226 g/mol. The Kier molecular flexibility index (Phi) is 4.07. The van der Waals surface area contributed by atoms with Gasteiger partial charge in [-0.2, -0.15) is 0 Å². The normalized spacial score (nSPS) is 9.89. The molecule has 0 atom stereocenters. The molecule has 0 fully saturated rings. The lowest BCUT2D eigenvalue weighted by Gasteiger charge is -2.08. The summed E-state index contributed by atoms with van der Waals surface area (Å²) in [6.07, 6.45) is 0. The van der Waals surface area contributed by atoms with Crippen LogP contribution < -0.4 is 14.8 Å². The average Bonchev–Trinajstić information content (AvgIpc) is 2.46. The second-order valence-corrected chi connectivity index (χ2v) is 3.93. The minimum atomic E-state index is 0.788. The summed E-state index contributed by atoms with van der Waals surface area (Å²) >= 11 is 0. The molecule has 3 heteroatoms. The van der Waals surface area contributed by atoms with Gasteiger partial charge >= 0.3 is 0 Å². The first kappa shape index (κ1) is 12.3. The van der Waals surface area contributed by atoms with Gasteiger partial charge in [0.1, 0.15) is 11.5 Å². The number of rotatable bonds is 5. The minimum Gasteiger partial charge on any atom is -0.497 e. The van der Waals surface area contributed by atoms with Crippen LogP contribution in [0.25, 0.3) is 0 Å². The Morgan fingerprint density at radius 1 is 0.778 bits per heavy atom. The molecule has 0 bridgehead atoms. The first-order valence-corrected chi connectivity index (χ1v) is 5.82. The molecule has 0 aliphatic rings. The number of benzene rings is 2. The van der Waals surface area contributed by atoms with Crippen molar-refractivity contribution in [3.8, 4) is 11.5 Å². The molecule has 0 heterocycles. The van der Waals surface area contributed by atoms with Crippen molar-refractivity contribution in [1.29, 1.82) is 0 Å². The molecule has 2 rings (SSSR count). The first-order chi connectivity index (χ1) is 8.81. The van der Waals surface area contributed by atoms with E-state index in [4.69, 9.17) is 9.47 Å². The van der Waals surface area contributed by atoms with Crippen LogP contribution in [0, 0.1) is 0 Å². The topological polar surface area (TPSA) is 30.5 Å². The van der Waals surface area contributed by atoms with E-state index in [1.54, 1.807) is 14.2 Å². The Bertz CT molecular complexity index is 429. The van der Waals surface area contributed by atoms with Gasteiger partial charge in [0.15, 0.2) is 0 Å². The molecule has 0 saturated heterocycles. The lowest BCUT2D eigenvalue weighted by molar-refractivity contribution is 0.414. The highest BCUT2D eigenvalue weighted by Gasteiger charge is 1.96. The molecule has 1 N–H and O–H groups in total. The third kappa shape index (κ3) is 3.17. The molecule has 0 aromatic heterocycles. The quantitative estimate of drug-likeness (QED) is 0.873. The van der Waals surface area contributed by atoms with E-state index in [1.807, 2.05) is 36.4 Å². The molecule has 94 valence electrons. The Morgan fingerprint density at radius 2 is 1.28 bits per heavy atom. The fourth-order valence-corrected chi connectivity index (χ4v) is 1.66. The molecule has 0 aliphatic heterocycles. The number of anilines is 1. The second kappa shape index (κ2) is 5.96. The largest absolute Gasteiger partial charge is 0.497 e. The van der Waals surface area contributed by atoms with E-state index in [9.17, 15) is 0 Å². The summed E-state index contributed by atoms with van der Waals surface area (Å²) in [5.41, 5.74) is 2.29. The highest BCUT2D eigenvalue weighted by molar-refractivity contribution is 5.46. The van der Waals surface area contributed by atoms with E-state index in [2.05, 4.69) is 17.4 Å². The first-order valence-electron chi connectivity index (χ1n) is 5.82. The summed E-state index contributed by atoms with van der Waals surface area (Å²) in [5.74, 6) is 1.74. The van der Waals surface area contributed by atoms with Crippen molar-refractivity contribution in [3.63, 3.8) is 0 Å². The van der Waals surface area contributed by atoms with Gasteiger partial charge in [-0.25, -0.2) is 0 Å². The summed E-state index contributed by atoms with van der Waals surface area (Å²) < 4.78 is 10.2. The standard InChI is InChI=1S/C15H17NO2/c1-17-14-7-3-12(4-8-14)11-16-13-5-9-15(18-2)10-6-13/h3-10,16H,11H2,1-2H3.